The topological polar surface area (TPSA) is 70.0 Å². The Kier molecular flexibility index (Phi) is 5.63. The quantitative estimate of drug-likeness (QED) is 0.754. The van der Waals surface area contributed by atoms with Gasteiger partial charge in [0.05, 0.1) is 5.56 Å². The number of aldehydes is 1. The van der Waals surface area contributed by atoms with E-state index in [1.165, 1.54) is 0 Å². The molecule has 0 aliphatic heterocycles. The molecule has 0 fully saturated rings. The summed E-state index contributed by atoms with van der Waals surface area (Å²) in [7, 11) is 3.71. The molecule has 0 radical (unpaired) electrons. The van der Waals surface area contributed by atoms with Gasteiger partial charge in [0.1, 0.15) is 23.9 Å². The number of carbonyl (C=O) groups excluding carboxylic acids is 1. The van der Waals surface area contributed by atoms with Crippen molar-refractivity contribution in [1.82, 2.24) is 4.90 Å². The summed E-state index contributed by atoms with van der Waals surface area (Å²) in [4.78, 5) is 12.3. The first kappa shape index (κ1) is 17.3. The van der Waals surface area contributed by atoms with Crippen molar-refractivity contribution in [1.29, 1.82) is 0 Å². The molecule has 2 rings (SSSR count). The van der Waals surface area contributed by atoms with Crippen molar-refractivity contribution in [2.24, 2.45) is 0 Å². The smallest absolute Gasteiger partial charge is 0.157 e. The maximum absolute atomic E-state index is 10.6. The summed E-state index contributed by atoms with van der Waals surface area (Å²) < 4.78 is 6.07. The first-order chi connectivity index (χ1) is 10.9. The summed E-state index contributed by atoms with van der Waals surface area (Å²) in [5.41, 5.74) is 1.74. The highest BCUT2D eigenvalue weighted by Gasteiger charge is 2.16. The third-order valence-corrected chi connectivity index (χ3v) is 3.97. The van der Waals surface area contributed by atoms with Crippen molar-refractivity contribution in [3.8, 4) is 28.4 Å². The van der Waals surface area contributed by atoms with Gasteiger partial charge in [0, 0.05) is 22.1 Å². The molecule has 0 amide bonds. The fraction of sp³-hybridized carbons (Fsp3) is 0.235. The molecule has 0 aliphatic carbocycles. The van der Waals surface area contributed by atoms with E-state index in [0.717, 1.165) is 4.47 Å². The van der Waals surface area contributed by atoms with Crippen LogP contribution in [0.3, 0.4) is 0 Å². The zero-order valence-corrected chi connectivity index (χ0v) is 14.5. The van der Waals surface area contributed by atoms with Gasteiger partial charge in [0.25, 0.3) is 0 Å². The predicted octanol–water partition coefficient (Wildman–Crippen LogP) is 3.17. The van der Waals surface area contributed by atoms with E-state index in [9.17, 15) is 15.0 Å². The molecule has 2 aromatic rings. The fourth-order valence-corrected chi connectivity index (χ4v) is 2.71. The maximum Gasteiger partial charge on any atom is 0.157 e. The SMILES string of the molecule is CN(C)Cc1c(O)ccc(-c2cc(OCC=O)ccc2Br)c1O. The molecule has 0 spiro atoms. The van der Waals surface area contributed by atoms with Gasteiger partial charge in [-0.25, -0.2) is 0 Å². The molecule has 6 heteroatoms. The minimum Gasteiger partial charge on any atom is -0.507 e. The highest BCUT2D eigenvalue weighted by molar-refractivity contribution is 9.10. The van der Waals surface area contributed by atoms with Gasteiger partial charge >= 0.3 is 0 Å². The lowest BCUT2D eigenvalue weighted by Gasteiger charge is -2.16. The minimum absolute atomic E-state index is 0.0203. The Labute approximate surface area is 143 Å². The second kappa shape index (κ2) is 7.48. The van der Waals surface area contributed by atoms with Crippen LogP contribution in [-0.4, -0.2) is 42.1 Å². The van der Waals surface area contributed by atoms with Crippen molar-refractivity contribution in [2.75, 3.05) is 20.7 Å². The van der Waals surface area contributed by atoms with Gasteiger partial charge < -0.3 is 19.8 Å². The van der Waals surface area contributed by atoms with E-state index >= 15 is 0 Å². The monoisotopic (exact) mass is 379 g/mol. The highest BCUT2D eigenvalue weighted by Crippen LogP contribution is 2.41. The Morgan fingerprint density at radius 2 is 1.91 bits per heavy atom. The van der Waals surface area contributed by atoms with Crippen LogP contribution in [0.15, 0.2) is 34.8 Å². The van der Waals surface area contributed by atoms with E-state index in [-0.39, 0.29) is 18.1 Å². The van der Waals surface area contributed by atoms with Crippen LogP contribution in [0.2, 0.25) is 0 Å². The molecule has 2 aromatic carbocycles. The Hall–Kier alpha value is -2.05. The number of phenolic OH excluding ortho intramolecular Hbond substituents is 2. The van der Waals surface area contributed by atoms with E-state index in [2.05, 4.69) is 15.9 Å². The van der Waals surface area contributed by atoms with Crippen molar-refractivity contribution in [3.05, 3.63) is 40.4 Å². The van der Waals surface area contributed by atoms with Gasteiger partial charge in [-0.15, -0.1) is 0 Å². The van der Waals surface area contributed by atoms with Crippen LogP contribution in [0, 0.1) is 0 Å². The zero-order chi connectivity index (χ0) is 17.0. The number of phenols is 2. The molecule has 0 heterocycles. The highest BCUT2D eigenvalue weighted by atomic mass is 79.9. The number of nitrogens with zero attached hydrogens (tertiary/aromatic N) is 1. The molecular weight excluding hydrogens is 362 g/mol. The van der Waals surface area contributed by atoms with Crippen molar-refractivity contribution in [3.63, 3.8) is 0 Å². The first-order valence-electron chi connectivity index (χ1n) is 6.99. The van der Waals surface area contributed by atoms with Crippen LogP contribution in [0.4, 0.5) is 0 Å². The molecule has 0 bridgehead atoms. The lowest BCUT2D eigenvalue weighted by atomic mass is 10.00. The molecule has 0 saturated heterocycles. The lowest BCUT2D eigenvalue weighted by Crippen LogP contribution is -2.11. The number of halogens is 1. The number of carbonyl (C=O) groups is 1. The summed E-state index contributed by atoms with van der Waals surface area (Å²) in [6.45, 7) is 0.374. The molecule has 0 unspecified atom stereocenters. The van der Waals surface area contributed by atoms with Crippen LogP contribution in [-0.2, 0) is 11.3 Å². The third-order valence-electron chi connectivity index (χ3n) is 3.28. The van der Waals surface area contributed by atoms with Gasteiger partial charge in [-0.2, -0.15) is 0 Å². The van der Waals surface area contributed by atoms with E-state index in [1.807, 2.05) is 19.0 Å². The van der Waals surface area contributed by atoms with Crippen LogP contribution < -0.4 is 4.74 Å². The zero-order valence-electron chi connectivity index (χ0n) is 12.9. The summed E-state index contributed by atoms with van der Waals surface area (Å²) in [6.07, 6.45) is 0.676. The molecule has 0 atom stereocenters. The van der Waals surface area contributed by atoms with E-state index in [1.54, 1.807) is 30.3 Å². The lowest BCUT2D eigenvalue weighted by molar-refractivity contribution is -0.109. The number of aromatic hydroxyl groups is 2. The summed E-state index contributed by atoms with van der Waals surface area (Å²) in [5.74, 6) is 0.591. The van der Waals surface area contributed by atoms with Crippen LogP contribution in [0.25, 0.3) is 11.1 Å². The summed E-state index contributed by atoms with van der Waals surface area (Å²) in [5, 5.41) is 20.5. The van der Waals surface area contributed by atoms with Crippen molar-refractivity contribution >= 4 is 22.2 Å². The van der Waals surface area contributed by atoms with Gasteiger partial charge in [0.15, 0.2) is 6.29 Å². The number of hydrogen-bond donors (Lipinski definition) is 2. The molecule has 2 N–H and O–H groups in total. The Balaban J connectivity index is 2.51. The van der Waals surface area contributed by atoms with Crippen molar-refractivity contribution in [2.45, 2.75) is 6.54 Å². The predicted molar refractivity (Wildman–Crippen MR) is 91.9 cm³/mol. The normalized spacial score (nSPS) is 10.8. The van der Waals surface area contributed by atoms with Gasteiger partial charge in [0.2, 0.25) is 0 Å². The van der Waals surface area contributed by atoms with Crippen LogP contribution in [0.1, 0.15) is 5.56 Å². The molecule has 5 nitrogen and oxygen atoms in total. The summed E-state index contributed by atoms with van der Waals surface area (Å²) >= 11 is 3.45. The van der Waals surface area contributed by atoms with Crippen LogP contribution in [0.5, 0.6) is 17.2 Å². The Morgan fingerprint density at radius 1 is 1.17 bits per heavy atom. The van der Waals surface area contributed by atoms with E-state index < -0.39 is 0 Å². The second-order valence-electron chi connectivity index (χ2n) is 5.32. The van der Waals surface area contributed by atoms with Gasteiger partial charge in [-0.3, -0.25) is 4.79 Å². The van der Waals surface area contributed by atoms with E-state index in [4.69, 9.17) is 4.74 Å². The Bertz CT molecular complexity index is 716. The summed E-state index contributed by atoms with van der Waals surface area (Å²) in [6, 6.07) is 8.45. The van der Waals surface area contributed by atoms with Gasteiger partial charge in [-0.05, 0) is 44.4 Å². The van der Waals surface area contributed by atoms with Crippen molar-refractivity contribution < 1.29 is 19.7 Å². The molecule has 0 aromatic heterocycles. The van der Waals surface area contributed by atoms with Crippen LogP contribution >= 0.6 is 15.9 Å². The molecule has 23 heavy (non-hydrogen) atoms. The number of benzene rings is 2. The number of rotatable bonds is 6. The third kappa shape index (κ3) is 4.03. The molecule has 0 saturated carbocycles. The fourth-order valence-electron chi connectivity index (χ4n) is 2.25. The second-order valence-corrected chi connectivity index (χ2v) is 6.17. The first-order valence-corrected chi connectivity index (χ1v) is 7.78. The van der Waals surface area contributed by atoms with E-state index in [0.29, 0.717) is 35.3 Å². The largest absolute Gasteiger partial charge is 0.507 e. The average molecular weight is 380 g/mol. The number of hydrogen-bond acceptors (Lipinski definition) is 5. The molecule has 0 aliphatic rings. The molecule has 122 valence electrons. The standard InChI is InChI=1S/C17H18BrNO4/c1-19(2)10-14-16(21)6-4-12(17(14)22)13-9-11(23-8-7-20)3-5-15(13)18/h3-7,9,21-22H,8,10H2,1-2H3. The minimum atomic E-state index is -0.0332. The number of ether oxygens (including phenoxy) is 1. The van der Waals surface area contributed by atoms with Gasteiger partial charge in [-0.1, -0.05) is 15.9 Å². The maximum atomic E-state index is 10.6. The average Bonchev–Trinajstić information content (AvgIpc) is 2.51. The Morgan fingerprint density at radius 3 is 2.57 bits per heavy atom. The molecular formula is C17H18BrNO4.